The molecule has 176 valence electrons. The molecule has 2 aromatic carbocycles. The summed E-state index contributed by atoms with van der Waals surface area (Å²) < 4.78 is 0. The number of anilines is 2. The van der Waals surface area contributed by atoms with Crippen molar-refractivity contribution in [1.29, 1.82) is 0 Å². The molecule has 0 aromatic heterocycles. The average molecular weight is 458 g/mol. The van der Waals surface area contributed by atoms with E-state index in [4.69, 9.17) is 0 Å². The van der Waals surface area contributed by atoms with E-state index in [0.29, 0.717) is 29.1 Å². The molecule has 2 aromatic rings. The fourth-order valence-corrected chi connectivity index (χ4v) is 5.58. The monoisotopic (exact) mass is 457 g/mol. The molecule has 0 bridgehead atoms. The summed E-state index contributed by atoms with van der Waals surface area (Å²) in [5.74, 6) is -0.513. The van der Waals surface area contributed by atoms with Crippen LogP contribution in [0.2, 0.25) is 0 Å². The first-order valence-electron chi connectivity index (χ1n) is 12.4. The Morgan fingerprint density at radius 3 is 2.29 bits per heavy atom. The Balaban J connectivity index is 1.60. The Bertz CT molecular complexity index is 1140. The molecule has 1 aliphatic carbocycles. The SMILES string of the molecule is CC(=O)Nc1ccc(C2=C(N3CCCc4ccccc43)C(=O)N(C3CCCCCC3)C2=O)cc1. The van der Waals surface area contributed by atoms with E-state index >= 15 is 0 Å². The summed E-state index contributed by atoms with van der Waals surface area (Å²) >= 11 is 0. The molecule has 0 spiro atoms. The highest BCUT2D eigenvalue weighted by Crippen LogP contribution is 2.40. The van der Waals surface area contributed by atoms with Gasteiger partial charge in [0.05, 0.1) is 5.57 Å². The van der Waals surface area contributed by atoms with Gasteiger partial charge in [-0.25, -0.2) is 0 Å². The summed E-state index contributed by atoms with van der Waals surface area (Å²) in [6.45, 7) is 2.17. The van der Waals surface area contributed by atoms with Gasteiger partial charge < -0.3 is 10.2 Å². The standard InChI is InChI=1S/C28H31N3O3/c1-19(32)29-22-16-14-21(15-17-22)25-26(30-18-8-10-20-9-6-7-13-24(20)30)28(34)31(27(25)33)23-11-4-2-3-5-12-23/h6-7,9,13-17,23H,2-5,8,10-12,18H2,1H3,(H,29,32). The molecule has 3 aliphatic rings. The van der Waals surface area contributed by atoms with Gasteiger partial charge in [0, 0.05) is 30.9 Å². The van der Waals surface area contributed by atoms with E-state index in [0.717, 1.165) is 57.1 Å². The quantitative estimate of drug-likeness (QED) is 0.524. The molecule has 6 heteroatoms. The lowest BCUT2D eigenvalue weighted by atomic mass is 9.98. The fourth-order valence-electron chi connectivity index (χ4n) is 5.58. The van der Waals surface area contributed by atoms with Gasteiger partial charge in [0.1, 0.15) is 5.70 Å². The highest BCUT2D eigenvalue weighted by molar-refractivity contribution is 6.37. The van der Waals surface area contributed by atoms with Crippen molar-refractivity contribution in [3.63, 3.8) is 0 Å². The third-order valence-corrected chi connectivity index (χ3v) is 7.15. The van der Waals surface area contributed by atoms with E-state index in [-0.39, 0.29) is 23.8 Å². The van der Waals surface area contributed by atoms with Crippen LogP contribution >= 0.6 is 0 Å². The summed E-state index contributed by atoms with van der Waals surface area (Å²) in [5.41, 5.74) is 4.56. The van der Waals surface area contributed by atoms with Crippen molar-refractivity contribution in [2.75, 3.05) is 16.8 Å². The van der Waals surface area contributed by atoms with Gasteiger partial charge in [-0.3, -0.25) is 19.3 Å². The number of hydrogen-bond acceptors (Lipinski definition) is 4. The van der Waals surface area contributed by atoms with Crippen molar-refractivity contribution >= 4 is 34.7 Å². The van der Waals surface area contributed by atoms with Crippen molar-refractivity contribution in [2.45, 2.75) is 64.3 Å². The van der Waals surface area contributed by atoms with Crippen molar-refractivity contribution < 1.29 is 14.4 Å². The summed E-state index contributed by atoms with van der Waals surface area (Å²) in [4.78, 5) is 42.9. The largest absolute Gasteiger partial charge is 0.336 e. The Hall–Kier alpha value is -3.41. The number of nitrogens with zero attached hydrogens (tertiary/aromatic N) is 2. The predicted molar refractivity (Wildman–Crippen MR) is 133 cm³/mol. The van der Waals surface area contributed by atoms with E-state index < -0.39 is 0 Å². The Labute approximate surface area is 200 Å². The molecule has 0 unspecified atom stereocenters. The fraction of sp³-hybridized carbons (Fsp3) is 0.393. The smallest absolute Gasteiger partial charge is 0.278 e. The lowest BCUT2D eigenvalue weighted by Crippen LogP contribution is -2.43. The number of benzene rings is 2. The summed E-state index contributed by atoms with van der Waals surface area (Å²) in [7, 11) is 0. The van der Waals surface area contributed by atoms with Gasteiger partial charge in [-0.15, -0.1) is 0 Å². The first-order valence-corrected chi connectivity index (χ1v) is 12.4. The van der Waals surface area contributed by atoms with Crippen LogP contribution in [0.15, 0.2) is 54.2 Å². The third kappa shape index (κ3) is 4.13. The molecule has 5 rings (SSSR count). The second-order valence-corrected chi connectivity index (χ2v) is 9.49. The zero-order valence-electron chi connectivity index (χ0n) is 19.7. The molecule has 0 atom stereocenters. The van der Waals surface area contributed by atoms with Crippen LogP contribution in [0.25, 0.3) is 5.57 Å². The van der Waals surface area contributed by atoms with Gasteiger partial charge in [-0.2, -0.15) is 0 Å². The Morgan fingerprint density at radius 1 is 0.882 bits per heavy atom. The van der Waals surface area contributed by atoms with Crippen LogP contribution in [0.5, 0.6) is 0 Å². The second-order valence-electron chi connectivity index (χ2n) is 9.49. The second kappa shape index (κ2) is 9.45. The Morgan fingerprint density at radius 2 is 1.59 bits per heavy atom. The summed E-state index contributed by atoms with van der Waals surface area (Å²) in [5, 5.41) is 2.77. The van der Waals surface area contributed by atoms with Crippen LogP contribution in [0.1, 0.15) is 63.0 Å². The molecule has 0 radical (unpaired) electrons. The number of rotatable bonds is 4. The van der Waals surface area contributed by atoms with E-state index in [1.54, 1.807) is 17.0 Å². The lowest BCUT2D eigenvalue weighted by Gasteiger charge is -2.33. The van der Waals surface area contributed by atoms with Gasteiger partial charge in [0.25, 0.3) is 11.8 Å². The van der Waals surface area contributed by atoms with Crippen LogP contribution in [0, 0.1) is 0 Å². The number of carbonyl (C=O) groups is 3. The number of fused-ring (bicyclic) bond motifs is 1. The van der Waals surface area contributed by atoms with E-state index in [1.165, 1.54) is 12.5 Å². The normalized spacial score (nSPS) is 19.3. The number of nitrogens with one attached hydrogen (secondary N) is 1. The molecule has 3 amide bonds. The maximum absolute atomic E-state index is 14.0. The minimum absolute atomic E-state index is 0.0475. The molecular formula is C28H31N3O3. The average Bonchev–Trinajstić information content (AvgIpc) is 2.99. The van der Waals surface area contributed by atoms with Gasteiger partial charge in [0.15, 0.2) is 0 Å². The minimum atomic E-state index is -0.192. The van der Waals surface area contributed by atoms with E-state index in [9.17, 15) is 14.4 Å². The van der Waals surface area contributed by atoms with Gasteiger partial charge in [-0.1, -0.05) is 56.0 Å². The van der Waals surface area contributed by atoms with Crippen LogP contribution < -0.4 is 10.2 Å². The van der Waals surface area contributed by atoms with Crippen LogP contribution in [-0.2, 0) is 20.8 Å². The molecule has 2 heterocycles. The summed E-state index contributed by atoms with van der Waals surface area (Å²) in [6.07, 6.45) is 8.05. The van der Waals surface area contributed by atoms with Crippen LogP contribution in [0.4, 0.5) is 11.4 Å². The Kier molecular flexibility index (Phi) is 6.22. The van der Waals surface area contributed by atoms with Gasteiger partial charge in [-0.05, 0) is 55.0 Å². The first-order chi connectivity index (χ1) is 16.5. The number of para-hydroxylation sites is 1. The maximum Gasteiger partial charge on any atom is 0.278 e. The number of amides is 3. The zero-order chi connectivity index (χ0) is 23.7. The van der Waals surface area contributed by atoms with Crippen molar-refractivity contribution in [3.05, 3.63) is 65.4 Å². The van der Waals surface area contributed by atoms with Crippen molar-refractivity contribution in [2.24, 2.45) is 0 Å². The molecule has 34 heavy (non-hydrogen) atoms. The number of carbonyl (C=O) groups excluding carboxylic acids is 3. The van der Waals surface area contributed by atoms with Gasteiger partial charge in [0.2, 0.25) is 5.91 Å². The van der Waals surface area contributed by atoms with Gasteiger partial charge >= 0.3 is 0 Å². The first kappa shape index (κ1) is 22.4. The molecule has 0 saturated heterocycles. The topological polar surface area (TPSA) is 69.7 Å². The highest BCUT2D eigenvalue weighted by Gasteiger charge is 2.45. The summed E-state index contributed by atoms with van der Waals surface area (Å²) in [6, 6.07) is 15.4. The van der Waals surface area contributed by atoms with Crippen molar-refractivity contribution in [3.8, 4) is 0 Å². The minimum Gasteiger partial charge on any atom is -0.336 e. The zero-order valence-corrected chi connectivity index (χ0v) is 19.7. The van der Waals surface area contributed by atoms with Crippen LogP contribution in [0.3, 0.4) is 0 Å². The molecular weight excluding hydrogens is 426 g/mol. The van der Waals surface area contributed by atoms with Crippen molar-refractivity contribution in [1.82, 2.24) is 4.90 Å². The highest BCUT2D eigenvalue weighted by atomic mass is 16.2. The lowest BCUT2D eigenvalue weighted by molar-refractivity contribution is -0.139. The van der Waals surface area contributed by atoms with E-state index in [2.05, 4.69) is 16.3 Å². The molecule has 6 nitrogen and oxygen atoms in total. The molecule has 2 aliphatic heterocycles. The molecule has 1 N–H and O–H groups in total. The molecule has 1 saturated carbocycles. The van der Waals surface area contributed by atoms with E-state index in [1.807, 2.05) is 30.3 Å². The van der Waals surface area contributed by atoms with Crippen LogP contribution in [-0.4, -0.2) is 35.2 Å². The maximum atomic E-state index is 14.0. The molecule has 1 fully saturated rings. The number of imide groups is 1. The number of hydrogen-bond donors (Lipinski definition) is 1. The predicted octanol–water partition coefficient (Wildman–Crippen LogP) is 4.90. The third-order valence-electron chi connectivity index (χ3n) is 7.15. The number of aryl methyl sites for hydroxylation is 1.